The van der Waals surface area contributed by atoms with Crippen molar-refractivity contribution in [1.82, 2.24) is 4.90 Å². The number of ether oxygens (including phenoxy) is 1. The third-order valence-electron chi connectivity index (χ3n) is 2.85. The van der Waals surface area contributed by atoms with Gasteiger partial charge < -0.3 is 14.7 Å². The summed E-state index contributed by atoms with van der Waals surface area (Å²) < 4.78 is 5.24. The third-order valence-corrected chi connectivity index (χ3v) is 2.85. The van der Waals surface area contributed by atoms with Gasteiger partial charge in [-0.3, -0.25) is 9.59 Å². The maximum absolute atomic E-state index is 11.8. The molecule has 0 radical (unpaired) electrons. The van der Waals surface area contributed by atoms with Crippen LogP contribution >= 0.6 is 0 Å². The fraction of sp³-hybridized carbons (Fsp3) is 0.818. The molecule has 1 rings (SSSR count). The molecule has 0 bridgehead atoms. The summed E-state index contributed by atoms with van der Waals surface area (Å²) in [6, 6.07) is 0.222. The molecular weight excluding hydrogens is 210 g/mol. The van der Waals surface area contributed by atoms with Crippen LogP contribution in [0.15, 0.2) is 0 Å². The van der Waals surface area contributed by atoms with E-state index in [-0.39, 0.29) is 24.8 Å². The topological polar surface area (TPSA) is 66.8 Å². The van der Waals surface area contributed by atoms with Crippen molar-refractivity contribution in [3.05, 3.63) is 0 Å². The normalized spacial score (nSPS) is 17.1. The summed E-state index contributed by atoms with van der Waals surface area (Å²) in [6.07, 6.45) is 1.72. The molecule has 0 unspecified atom stereocenters. The van der Waals surface area contributed by atoms with Crippen molar-refractivity contribution < 1.29 is 19.4 Å². The van der Waals surface area contributed by atoms with Crippen LogP contribution in [0.3, 0.4) is 0 Å². The van der Waals surface area contributed by atoms with Crippen molar-refractivity contribution in [3.8, 4) is 0 Å². The maximum Gasteiger partial charge on any atom is 0.303 e. The number of amides is 1. The number of hydrogen-bond donors (Lipinski definition) is 1. The Morgan fingerprint density at radius 2 is 1.94 bits per heavy atom. The second-order valence-corrected chi connectivity index (χ2v) is 3.92. The number of carbonyl (C=O) groups excluding carboxylic acids is 1. The van der Waals surface area contributed by atoms with E-state index in [1.807, 2.05) is 6.92 Å². The molecule has 1 aliphatic heterocycles. The van der Waals surface area contributed by atoms with Crippen molar-refractivity contribution in [1.29, 1.82) is 0 Å². The minimum Gasteiger partial charge on any atom is -0.481 e. The standard InChI is InChI=1S/C11H19NO4/c1-2-12(9-5-7-16-8-6-9)10(13)3-4-11(14)15/h9H,2-8H2,1H3,(H,14,15). The average Bonchev–Trinajstić information content (AvgIpc) is 2.29. The lowest BCUT2D eigenvalue weighted by molar-refractivity contribution is -0.142. The van der Waals surface area contributed by atoms with Crippen LogP contribution in [0.2, 0.25) is 0 Å². The molecule has 0 spiro atoms. The van der Waals surface area contributed by atoms with Gasteiger partial charge in [-0.15, -0.1) is 0 Å². The van der Waals surface area contributed by atoms with Crippen LogP contribution in [-0.4, -0.2) is 47.7 Å². The summed E-state index contributed by atoms with van der Waals surface area (Å²) in [4.78, 5) is 24.0. The van der Waals surface area contributed by atoms with Crippen molar-refractivity contribution in [2.24, 2.45) is 0 Å². The first kappa shape index (κ1) is 13.0. The molecule has 1 heterocycles. The Balaban J connectivity index is 2.44. The zero-order valence-electron chi connectivity index (χ0n) is 9.65. The van der Waals surface area contributed by atoms with E-state index in [0.29, 0.717) is 19.8 Å². The molecule has 0 aromatic rings. The largest absolute Gasteiger partial charge is 0.481 e. The van der Waals surface area contributed by atoms with Crippen molar-refractivity contribution in [2.45, 2.75) is 38.6 Å². The van der Waals surface area contributed by atoms with Crippen LogP contribution in [0.4, 0.5) is 0 Å². The van der Waals surface area contributed by atoms with Gasteiger partial charge in [-0.25, -0.2) is 0 Å². The fourth-order valence-electron chi connectivity index (χ4n) is 1.99. The quantitative estimate of drug-likeness (QED) is 0.760. The van der Waals surface area contributed by atoms with Gasteiger partial charge in [-0.1, -0.05) is 0 Å². The molecule has 5 heteroatoms. The van der Waals surface area contributed by atoms with Gasteiger partial charge in [-0.05, 0) is 19.8 Å². The summed E-state index contributed by atoms with van der Waals surface area (Å²) in [7, 11) is 0. The molecule has 0 atom stereocenters. The Bertz CT molecular complexity index is 248. The molecule has 0 aromatic carbocycles. The van der Waals surface area contributed by atoms with E-state index in [0.717, 1.165) is 12.8 Å². The van der Waals surface area contributed by atoms with Crippen LogP contribution < -0.4 is 0 Å². The van der Waals surface area contributed by atoms with Crippen molar-refractivity contribution in [2.75, 3.05) is 19.8 Å². The van der Waals surface area contributed by atoms with Gasteiger partial charge in [0.15, 0.2) is 0 Å². The average molecular weight is 229 g/mol. The zero-order valence-corrected chi connectivity index (χ0v) is 9.65. The Kier molecular flexibility index (Phi) is 5.25. The van der Waals surface area contributed by atoms with Gasteiger partial charge in [0.2, 0.25) is 5.91 Å². The molecule has 1 aliphatic rings. The predicted octanol–water partition coefficient (Wildman–Crippen LogP) is 0.879. The molecule has 0 aromatic heterocycles. The molecule has 92 valence electrons. The third kappa shape index (κ3) is 3.81. The van der Waals surface area contributed by atoms with E-state index in [2.05, 4.69) is 0 Å². The molecule has 0 aliphatic carbocycles. The number of hydrogen-bond acceptors (Lipinski definition) is 3. The van der Waals surface area contributed by atoms with E-state index < -0.39 is 5.97 Å². The van der Waals surface area contributed by atoms with E-state index in [1.165, 1.54) is 0 Å². The number of rotatable bonds is 5. The lowest BCUT2D eigenvalue weighted by Crippen LogP contribution is -2.43. The number of carboxylic acids is 1. The number of carboxylic acid groups (broad SMARTS) is 1. The molecule has 0 saturated carbocycles. The molecule has 16 heavy (non-hydrogen) atoms. The number of aliphatic carboxylic acids is 1. The lowest BCUT2D eigenvalue weighted by atomic mass is 10.1. The monoisotopic (exact) mass is 229 g/mol. The SMILES string of the molecule is CCN(C(=O)CCC(=O)O)C1CCOCC1. The summed E-state index contributed by atoms with van der Waals surface area (Å²) in [5.74, 6) is -0.979. The highest BCUT2D eigenvalue weighted by Crippen LogP contribution is 2.15. The van der Waals surface area contributed by atoms with Gasteiger partial charge in [0.1, 0.15) is 0 Å². The highest BCUT2D eigenvalue weighted by Gasteiger charge is 2.24. The minimum atomic E-state index is -0.920. The van der Waals surface area contributed by atoms with Gasteiger partial charge in [0.05, 0.1) is 6.42 Å². The number of carbonyl (C=O) groups is 2. The second-order valence-electron chi connectivity index (χ2n) is 3.92. The van der Waals surface area contributed by atoms with Crippen molar-refractivity contribution in [3.63, 3.8) is 0 Å². The Hall–Kier alpha value is -1.10. The van der Waals surface area contributed by atoms with Crippen LogP contribution in [-0.2, 0) is 14.3 Å². The second kappa shape index (κ2) is 6.48. The molecule has 1 saturated heterocycles. The van der Waals surface area contributed by atoms with E-state index >= 15 is 0 Å². The fourth-order valence-corrected chi connectivity index (χ4v) is 1.99. The summed E-state index contributed by atoms with van der Waals surface area (Å²) in [6.45, 7) is 3.94. The van der Waals surface area contributed by atoms with Crippen LogP contribution in [0, 0.1) is 0 Å². The molecule has 5 nitrogen and oxygen atoms in total. The van der Waals surface area contributed by atoms with Crippen LogP contribution in [0.1, 0.15) is 32.6 Å². The van der Waals surface area contributed by atoms with Gasteiger partial charge in [0.25, 0.3) is 0 Å². The van der Waals surface area contributed by atoms with Gasteiger partial charge in [-0.2, -0.15) is 0 Å². The predicted molar refractivity (Wildman–Crippen MR) is 58.1 cm³/mol. The lowest BCUT2D eigenvalue weighted by Gasteiger charge is -2.33. The highest BCUT2D eigenvalue weighted by atomic mass is 16.5. The van der Waals surface area contributed by atoms with Gasteiger partial charge in [0, 0.05) is 32.2 Å². The van der Waals surface area contributed by atoms with E-state index in [1.54, 1.807) is 4.90 Å². The summed E-state index contributed by atoms with van der Waals surface area (Å²) in [5.41, 5.74) is 0. The van der Waals surface area contributed by atoms with Crippen LogP contribution in [0.5, 0.6) is 0 Å². The first-order chi connectivity index (χ1) is 7.65. The van der Waals surface area contributed by atoms with E-state index in [9.17, 15) is 9.59 Å². The Morgan fingerprint density at radius 1 is 1.31 bits per heavy atom. The summed E-state index contributed by atoms with van der Waals surface area (Å²) in [5, 5.41) is 8.54. The smallest absolute Gasteiger partial charge is 0.303 e. The molecule has 1 fully saturated rings. The van der Waals surface area contributed by atoms with Crippen molar-refractivity contribution >= 4 is 11.9 Å². The molecule has 1 amide bonds. The first-order valence-electron chi connectivity index (χ1n) is 5.74. The maximum atomic E-state index is 11.8. The molecule has 1 N–H and O–H groups in total. The Labute approximate surface area is 95.4 Å². The van der Waals surface area contributed by atoms with E-state index in [4.69, 9.17) is 9.84 Å². The molecular formula is C11H19NO4. The Morgan fingerprint density at radius 3 is 2.44 bits per heavy atom. The minimum absolute atomic E-state index is 0.0585. The summed E-state index contributed by atoms with van der Waals surface area (Å²) >= 11 is 0. The highest BCUT2D eigenvalue weighted by molar-refractivity contribution is 5.80. The zero-order chi connectivity index (χ0) is 12.0. The van der Waals surface area contributed by atoms with Crippen LogP contribution in [0.25, 0.3) is 0 Å². The first-order valence-corrected chi connectivity index (χ1v) is 5.74. The number of nitrogens with zero attached hydrogens (tertiary/aromatic N) is 1. The van der Waals surface area contributed by atoms with Gasteiger partial charge >= 0.3 is 5.97 Å².